The minimum absolute atomic E-state index is 0.155. The Morgan fingerprint density at radius 3 is 2.84 bits per heavy atom. The highest BCUT2D eigenvalue weighted by Gasteiger charge is 2.21. The lowest BCUT2D eigenvalue weighted by molar-refractivity contribution is -0.113. The van der Waals surface area contributed by atoms with Gasteiger partial charge in [-0.1, -0.05) is 30.0 Å². The summed E-state index contributed by atoms with van der Waals surface area (Å²) in [6.45, 7) is 4.28. The molecule has 1 atom stereocenters. The molecule has 0 saturated carbocycles. The van der Waals surface area contributed by atoms with Gasteiger partial charge < -0.3 is 15.0 Å². The van der Waals surface area contributed by atoms with E-state index in [0.717, 1.165) is 27.9 Å². The third-order valence-corrected chi connectivity index (χ3v) is 7.24. The predicted molar refractivity (Wildman–Crippen MR) is 123 cm³/mol. The molecule has 1 aromatic carbocycles. The second-order valence-electron chi connectivity index (χ2n) is 7.43. The van der Waals surface area contributed by atoms with Gasteiger partial charge in [0.15, 0.2) is 10.8 Å². The number of hydrogen-bond acceptors (Lipinski definition) is 9. The van der Waals surface area contributed by atoms with Crippen molar-refractivity contribution in [3.63, 3.8) is 0 Å². The minimum Gasteiger partial charge on any atom is -0.465 e. The van der Waals surface area contributed by atoms with Gasteiger partial charge >= 0.3 is 5.97 Å². The number of anilines is 2. The van der Waals surface area contributed by atoms with Crippen LogP contribution in [0.3, 0.4) is 0 Å². The fraction of sp³-hybridized carbons (Fsp3) is 0.381. The van der Waals surface area contributed by atoms with Crippen LogP contribution in [0.2, 0.25) is 0 Å². The van der Waals surface area contributed by atoms with E-state index in [-0.39, 0.29) is 11.7 Å². The first-order chi connectivity index (χ1) is 15.0. The van der Waals surface area contributed by atoms with Gasteiger partial charge in [0.25, 0.3) is 0 Å². The van der Waals surface area contributed by atoms with E-state index in [1.54, 1.807) is 35.6 Å². The largest absolute Gasteiger partial charge is 0.465 e. The minimum atomic E-state index is -0.413. The van der Waals surface area contributed by atoms with Crippen molar-refractivity contribution in [1.29, 1.82) is 0 Å². The number of piperidine rings is 1. The Morgan fingerprint density at radius 2 is 2.10 bits per heavy atom. The normalized spacial score (nSPS) is 16.3. The number of fused-ring (bicyclic) bond motifs is 1. The molecule has 3 aromatic rings. The fourth-order valence-electron chi connectivity index (χ4n) is 3.46. The van der Waals surface area contributed by atoms with E-state index >= 15 is 0 Å². The average Bonchev–Trinajstić information content (AvgIpc) is 3.23. The number of carbonyl (C=O) groups excluding carboxylic acids is 2. The summed E-state index contributed by atoms with van der Waals surface area (Å²) in [5.41, 5.74) is 1.72. The Balaban J connectivity index is 1.40. The number of carbonyl (C=O) groups is 2. The number of methoxy groups -OCH3 is 1. The number of amides is 1. The van der Waals surface area contributed by atoms with E-state index in [9.17, 15) is 9.59 Å². The summed E-state index contributed by atoms with van der Waals surface area (Å²) in [6.07, 6.45) is 3.92. The van der Waals surface area contributed by atoms with Crippen molar-refractivity contribution in [2.24, 2.45) is 5.92 Å². The molecule has 10 heteroatoms. The Morgan fingerprint density at radius 1 is 1.29 bits per heavy atom. The number of nitrogens with zero attached hydrogens (tertiary/aromatic N) is 4. The molecular weight excluding hydrogens is 434 g/mol. The van der Waals surface area contributed by atoms with Crippen LogP contribution < -0.4 is 10.2 Å². The van der Waals surface area contributed by atoms with E-state index in [0.29, 0.717) is 22.8 Å². The summed E-state index contributed by atoms with van der Waals surface area (Å²) in [5, 5.41) is 4.56. The Labute approximate surface area is 188 Å². The van der Waals surface area contributed by atoms with Crippen molar-refractivity contribution in [3.8, 4) is 0 Å². The standard InChI is InChI=1S/C21H23N5O3S2/c1-13-4-3-9-26(10-13)21-25-18-17(31-21)19(23-12-22-18)30-11-16(27)24-15-7-5-14(6-8-15)20(28)29-2/h5-8,12-13H,3-4,9-11H2,1-2H3,(H,24,27). The molecule has 1 fully saturated rings. The number of aromatic nitrogens is 3. The van der Waals surface area contributed by atoms with Gasteiger partial charge in [-0.3, -0.25) is 4.79 Å². The van der Waals surface area contributed by atoms with Gasteiger partial charge in [-0.05, 0) is 43.0 Å². The van der Waals surface area contributed by atoms with Crippen LogP contribution in [0.4, 0.5) is 10.8 Å². The maximum atomic E-state index is 12.4. The topological polar surface area (TPSA) is 97.3 Å². The first-order valence-electron chi connectivity index (χ1n) is 10.0. The van der Waals surface area contributed by atoms with E-state index < -0.39 is 5.97 Å². The molecule has 162 valence electrons. The zero-order valence-electron chi connectivity index (χ0n) is 17.3. The van der Waals surface area contributed by atoms with Crippen molar-refractivity contribution >= 4 is 56.1 Å². The Kier molecular flexibility index (Phi) is 6.67. The molecule has 0 radical (unpaired) electrons. The fourth-order valence-corrected chi connectivity index (χ4v) is 5.39. The average molecular weight is 458 g/mol. The van der Waals surface area contributed by atoms with Gasteiger partial charge in [0.2, 0.25) is 5.91 Å². The number of esters is 1. The first-order valence-corrected chi connectivity index (χ1v) is 11.8. The van der Waals surface area contributed by atoms with Crippen LogP contribution in [-0.2, 0) is 9.53 Å². The van der Waals surface area contributed by atoms with Crippen LogP contribution in [-0.4, -0.2) is 52.8 Å². The van der Waals surface area contributed by atoms with E-state index in [4.69, 9.17) is 4.98 Å². The zero-order valence-corrected chi connectivity index (χ0v) is 19.0. The molecule has 0 aliphatic carbocycles. The lowest BCUT2D eigenvalue weighted by Gasteiger charge is -2.30. The summed E-state index contributed by atoms with van der Waals surface area (Å²) in [5.74, 6) is 0.297. The Bertz CT molecular complexity index is 1090. The molecule has 0 bridgehead atoms. The quantitative estimate of drug-likeness (QED) is 0.339. The summed E-state index contributed by atoms with van der Waals surface area (Å²) in [4.78, 5) is 39.6. The first kappa shape index (κ1) is 21.5. The van der Waals surface area contributed by atoms with Crippen molar-refractivity contribution < 1.29 is 14.3 Å². The zero-order chi connectivity index (χ0) is 21.8. The van der Waals surface area contributed by atoms with Gasteiger partial charge in [0, 0.05) is 18.8 Å². The monoisotopic (exact) mass is 457 g/mol. The number of thioether (sulfide) groups is 1. The van der Waals surface area contributed by atoms with E-state index in [2.05, 4.69) is 31.8 Å². The van der Waals surface area contributed by atoms with Crippen molar-refractivity contribution in [2.75, 3.05) is 36.2 Å². The maximum absolute atomic E-state index is 12.4. The van der Waals surface area contributed by atoms with Gasteiger partial charge in [0.1, 0.15) is 16.1 Å². The van der Waals surface area contributed by atoms with Crippen LogP contribution in [0, 0.1) is 5.92 Å². The highest BCUT2D eigenvalue weighted by Crippen LogP contribution is 2.35. The molecule has 8 nitrogen and oxygen atoms in total. The van der Waals surface area contributed by atoms with Gasteiger partial charge in [-0.15, -0.1) is 0 Å². The highest BCUT2D eigenvalue weighted by atomic mass is 32.2. The van der Waals surface area contributed by atoms with Crippen LogP contribution in [0.15, 0.2) is 35.6 Å². The van der Waals surface area contributed by atoms with Gasteiger partial charge in [-0.25, -0.2) is 14.8 Å². The Hall–Kier alpha value is -2.72. The molecule has 1 saturated heterocycles. The van der Waals surface area contributed by atoms with Crippen molar-refractivity contribution in [1.82, 2.24) is 15.0 Å². The third-order valence-electron chi connectivity index (χ3n) is 5.00. The molecule has 4 rings (SSSR count). The summed E-state index contributed by atoms with van der Waals surface area (Å²) in [6, 6.07) is 6.57. The predicted octanol–water partition coefficient (Wildman–Crippen LogP) is 3.84. The molecule has 31 heavy (non-hydrogen) atoms. The smallest absolute Gasteiger partial charge is 0.337 e. The molecule has 1 aliphatic rings. The molecule has 1 unspecified atom stereocenters. The molecule has 3 heterocycles. The number of rotatable bonds is 6. The van der Waals surface area contributed by atoms with E-state index in [1.165, 1.54) is 38.0 Å². The van der Waals surface area contributed by atoms with Gasteiger partial charge in [-0.2, -0.15) is 4.98 Å². The number of thiazole rings is 1. The molecule has 2 aromatic heterocycles. The van der Waals surface area contributed by atoms with Crippen molar-refractivity contribution in [3.05, 3.63) is 36.2 Å². The third kappa shape index (κ3) is 5.13. The van der Waals surface area contributed by atoms with Crippen LogP contribution in [0.5, 0.6) is 0 Å². The molecular formula is C21H23N5O3S2. The number of ether oxygens (including phenoxy) is 1. The van der Waals surface area contributed by atoms with Gasteiger partial charge in [0.05, 0.1) is 18.4 Å². The maximum Gasteiger partial charge on any atom is 0.337 e. The van der Waals surface area contributed by atoms with E-state index in [1.807, 2.05) is 0 Å². The summed E-state index contributed by atoms with van der Waals surface area (Å²) >= 11 is 2.95. The number of hydrogen-bond donors (Lipinski definition) is 1. The molecule has 1 amide bonds. The van der Waals surface area contributed by atoms with Crippen LogP contribution in [0.1, 0.15) is 30.1 Å². The van der Waals surface area contributed by atoms with Crippen LogP contribution in [0.25, 0.3) is 10.3 Å². The number of benzene rings is 1. The SMILES string of the molecule is COC(=O)c1ccc(NC(=O)CSc2ncnc3nc(N4CCCC(C)C4)sc23)cc1. The summed E-state index contributed by atoms with van der Waals surface area (Å²) < 4.78 is 5.59. The van der Waals surface area contributed by atoms with Crippen LogP contribution >= 0.6 is 23.1 Å². The molecule has 1 N–H and O–H groups in total. The summed E-state index contributed by atoms with van der Waals surface area (Å²) in [7, 11) is 1.33. The van der Waals surface area contributed by atoms with Crippen molar-refractivity contribution in [2.45, 2.75) is 24.8 Å². The lowest BCUT2D eigenvalue weighted by atomic mass is 10.0. The number of nitrogens with one attached hydrogen (secondary N) is 1. The second kappa shape index (κ2) is 9.61. The molecule has 0 spiro atoms. The molecule has 1 aliphatic heterocycles. The second-order valence-corrected chi connectivity index (χ2v) is 9.37. The highest BCUT2D eigenvalue weighted by molar-refractivity contribution is 8.00. The lowest BCUT2D eigenvalue weighted by Crippen LogP contribution is -2.34.